The van der Waals surface area contributed by atoms with Gasteiger partial charge < -0.3 is 14.8 Å². The lowest BCUT2D eigenvalue weighted by Crippen LogP contribution is -2.26. The lowest BCUT2D eigenvalue weighted by molar-refractivity contribution is 0.185. The molecule has 1 heterocycles. The molecule has 2 N–H and O–H groups in total. The topological polar surface area (TPSA) is 45.4 Å². The third-order valence-corrected chi connectivity index (χ3v) is 1.91. The summed E-state index contributed by atoms with van der Waals surface area (Å²) in [6.45, 7) is 6.28. The molecule has 3 nitrogen and oxygen atoms in total. The van der Waals surface area contributed by atoms with Gasteiger partial charge in [0.1, 0.15) is 11.5 Å². The maximum Gasteiger partial charge on any atom is 0.120 e. The summed E-state index contributed by atoms with van der Waals surface area (Å²) in [6, 6.07) is 4.05. The van der Waals surface area contributed by atoms with Crippen molar-refractivity contribution in [2.24, 2.45) is 0 Å². The van der Waals surface area contributed by atoms with Crippen molar-refractivity contribution in [2.75, 3.05) is 6.54 Å². The molecule has 74 valence electrons. The van der Waals surface area contributed by atoms with Gasteiger partial charge in [-0.2, -0.15) is 0 Å². The Morgan fingerprint density at radius 1 is 1.46 bits per heavy atom. The summed E-state index contributed by atoms with van der Waals surface area (Å²) in [5, 5.41) is 12.2. The van der Waals surface area contributed by atoms with Gasteiger partial charge in [0.2, 0.25) is 0 Å². The highest BCUT2D eigenvalue weighted by Gasteiger charge is 2.08. The molecular weight excluding hydrogens is 166 g/mol. The monoisotopic (exact) mass is 183 g/mol. The van der Waals surface area contributed by atoms with Crippen LogP contribution < -0.4 is 5.32 Å². The fourth-order valence-corrected chi connectivity index (χ4v) is 1.13. The molecule has 0 aromatic carbocycles. The summed E-state index contributed by atoms with van der Waals surface area (Å²) in [4.78, 5) is 0. The van der Waals surface area contributed by atoms with E-state index in [2.05, 4.69) is 5.32 Å². The molecule has 0 bridgehead atoms. The van der Waals surface area contributed by atoms with Crippen LogP contribution in [0, 0.1) is 6.92 Å². The van der Waals surface area contributed by atoms with Crippen LogP contribution in [0.1, 0.15) is 31.4 Å². The Morgan fingerprint density at radius 2 is 2.15 bits per heavy atom. The van der Waals surface area contributed by atoms with Gasteiger partial charge in [0.15, 0.2) is 0 Å². The van der Waals surface area contributed by atoms with Crippen molar-refractivity contribution in [2.45, 2.75) is 32.9 Å². The van der Waals surface area contributed by atoms with Crippen LogP contribution in [0.5, 0.6) is 0 Å². The summed E-state index contributed by atoms with van der Waals surface area (Å²) in [6.07, 6.45) is -0.321. The highest BCUT2D eigenvalue weighted by Crippen LogP contribution is 2.14. The molecular formula is C10H17NO2. The van der Waals surface area contributed by atoms with Gasteiger partial charge in [-0.25, -0.2) is 0 Å². The minimum absolute atomic E-state index is 0.156. The van der Waals surface area contributed by atoms with E-state index in [0.29, 0.717) is 6.54 Å². The number of rotatable bonds is 4. The standard InChI is InChI=1S/C10H17NO2/c1-7(12)6-11-9(3)10-5-4-8(2)13-10/h4-5,7,9,11-12H,6H2,1-3H3/t7-,9?/m1/s1. The number of aliphatic hydroxyl groups is 1. The second-order valence-electron chi connectivity index (χ2n) is 3.43. The average molecular weight is 183 g/mol. The van der Waals surface area contributed by atoms with Crippen molar-refractivity contribution in [1.29, 1.82) is 0 Å². The van der Waals surface area contributed by atoms with E-state index in [1.807, 2.05) is 26.0 Å². The van der Waals surface area contributed by atoms with Crippen LogP contribution >= 0.6 is 0 Å². The first-order chi connectivity index (χ1) is 6.09. The first-order valence-corrected chi connectivity index (χ1v) is 4.57. The highest BCUT2D eigenvalue weighted by atomic mass is 16.3. The normalized spacial score (nSPS) is 15.7. The number of furan rings is 1. The molecule has 0 amide bonds. The minimum Gasteiger partial charge on any atom is -0.465 e. The Morgan fingerprint density at radius 3 is 2.62 bits per heavy atom. The number of hydrogen-bond acceptors (Lipinski definition) is 3. The maximum absolute atomic E-state index is 9.06. The maximum atomic E-state index is 9.06. The second kappa shape index (κ2) is 4.44. The number of aliphatic hydroxyl groups excluding tert-OH is 1. The summed E-state index contributed by atoms with van der Waals surface area (Å²) >= 11 is 0. The summed E-state index contributed by atoms with van der Waals surface area (Å²) in [5.74, 6) is 1.83. The second-order valence-corrected chi connectivity index (χ2v) is 3.43. The van der Waals surface area contributed by atoms with Crippen molar-refractivity contribution in [3.63, 3.8) is 0 Å². The molecule has 2 atom stereocenters. The van der Waals surface area contributed by atoms with Crippen LogP contribution in [0.4, 0.5) is 0 Å². The Bertz CT molecular complexity index is 255. The van der Waals surface area contributed by atoms with E-state index in [-0.39, 0.29) is 12.1 Å². The first kappa shape index (κ1) is 10.3. The fourth-order valence-electron chi connectivity index (χ4n) is 1.13. The minimum atomic E-state index is -0.321. The molecule has 0 aliphatic heterocycles. The Labute approximate surface area is 78.8 Å². The van der Waals surface area contributed by atoms with Crippen LogP contribution in [0.15, 0.2) is 16.5 Å². The summed E-state index contributed by atoms with van der Waals surface area (Å²) < 4.78 is 5.43. The van der Waals surface area contributed by atoms with Gasteiger partial charge in [-0.1, -0.05) is 0 Å². The number of aryl methyl sites for hydroxylation is 1. The van der Waals surface area contributed by atoms with Crippen molar-refractivity contribution in [3.05, 3.63) is 23.7 Å². The van der Waals surface area contributed by atoms with Crippen LogP contribution in [0.2, 0.25) is 0 Å². The van der Waals surface area contributed by atoms with Crippen molar-refractivity contribution >= 4 is 0 Å². The number of nitrogens with one attached hydrogen (secondary N) is 1. The van der Waals surface area contributed by atoms with Crippen LogP contribution in [-0.2, 0) is 0 Å². The third-order valence-electron chi connectivity index (χ3n) is 1.91. The van der Waals surface area contributed by atoms with E-state index in [1.54, 1.807) is 6.92 Å². The molecule has 1 unspecified atom stereocenters. The molecule has 0 aliphatic rings. The molecule has 0 saturated carbocycles. The smallest absolute Gasteiger partial charge is 0.120 e. The van der Waals surface area contributed by atoms with Gasteiger partial charge in [0, 0.05) is 6.54 Å². The van der Waals surface area contributed by atoms with E-state index in [0.717, 1.165) is 11.5 Å². The van der Waals surface area contributed by atoms with Crippen LogP contribution in [0.25, 0.3) is 0 Å². The molecule has 0 saturated heterocycles. The van der Waals surface area contributed by atoms with Crippen molar-refractivity contribution < 1.29 is 9.52 Å². The zero-order valence-corrected chi connectivity index (χ0v) is 8.37. The average Bonchev–Trinajstić information content (AvgIpc) is 2.47. The lowest BCUT2D eigenvalue weighted by Gasteiger charge is -2.12. The Kier molecular flexibility index (Phi) is 3.51. The third kappa shape index (κ3) is 3.20. The summed E-state index contributed by atoms with van der Waals surface area (Å²) in [5.41, 5.74) is 0. The molecule has 0 spiro atoms. The molecule has 1 aromatic rings. The molecule has 0 radical (unpaired) electrons. The van der Waals surface area contributed by atoms with Crippen molar-refractivity contribution in [1.82, 2.24) is 5.32 Å². The van der Waals surface area contributed by atoms with Gasteiger partial charge in [-0.15, -0.1) is 0 Å². The Hall–Kier alpha value is -0.800. The Balaban J connectivity index is 2.44. The summed E-state index contributed by atoms with van der Waals surface area (Å²) in [7, 11) is 0. The predicted octanol–water partition coefficient (Wildman–Crippen LogP) is 1.62. The molecule has 3 heteroatoms. The van der Waals surface area contributed by atoms with E-state index in [1.165, 1.54) is 0 Å². The van der Waals surface area contributed by atoms with E-state index in [4.69, 9.17) is 9.52 Å². The molecule has 0 aliphatic carbocycles. The zero-order chi connectivity index (χ0) is 9.84. The predicted molar refractivity (Wildman–Crippen MR) is 51.5 cm³/mol. The fraction of sp³-hybridized carbons (Fsp3) is 0.600. The van der Waals surface area contributed by atoms with Gasteiger partial charge in [-0.05, 0) is 32.9 Å². The number of hydrogen-bond donors (Lipinski definition) is 2. The SMILES string of the molecule is Cc1ccc(C(C)NC[C@@H](C)O)o1. The molecule has 13 heavy (non-hydrogen) atoms. The van der Waals surface area contributed by atoms with E-state index in [9.17, 15) is 0 Å². The van der Waals surface area contributed by atoms with Crippen molar-refractivity contribution in [3.8, 4) is 0 Å². The zero-order valence-electron chi connectivity index (χ0n) is 8.37. The largest absolute Gasteiger partial charge is 0.465 e. The van der Waals surface area contributed by atoms with Gasteiger partial charge in [-0.3, -0.25) is 0 Å². The van der Waals surface area contributed by atoms with Crippen LogP contribution in [-0.4, -0.2) is 17.8 Å². The van der Waals surface area contributed by atoms with Gasteiger partial charge >= 0.3 is 0 Å². The van der Waals surface area contributed by atoms with Crippen LogP contribution in [0.3, 0.4) is 0 Å². The quantitative estimate of drug-likeness (QED) is 0.745. The lowest BCUT2D eigenvalue weighted by atomic mass is 10.2. The van der Waals surface area contributed by atoms with E-state index >= 15 is 0 Å². The highest BCUT2D eigenvalue weighted by molar-refractivity contribution is 5.08. The molecule has 0 fully saturated rings. The van der Waals surface area contributed by atoms with E-state index < -0.39 is 0 Å². The molecule has 1 rings (SSSR count). The molecule has 1 aromatic heterocycles. The van der Waals surface area contributed by atoms with Gasteiger partial charge in [0.25, 0.3) is 0 Å². The first-order valence-electron chi connectivity index (χ1n) is 4.57. The van der Waals surface area contributed by atoms with Gasteiger partial charge in [0.05, 0.1) is 12.1 Å².